The van der Waals surface area contributed by atoms with Crippen LogP contribution in [0, 0.1) is 6.92 Å². The Hall–Kier alpha value is -3.67. The molecule has 26 heavy (non-hydrogen) atoms. The van der Waals surface area contributed by atoms with Crippen LogP contribution < -0.4 is 5.32 Å². The summed E-state index contributed by atoms with van der Waals surface area (Å²) >= 11 is 0. The Kier molecular flexibility index (Phi) is 4.07. The quantitative estimate of drug-likeness (QED) is 0.605. The van der Waals surface area contributed by atoms with Crippen LogP contribution in [0.25, 0.3) is 17.0 Å². The van der Waals surface area contributed by atoms with Crippen LogP contribution in [-0.2, 0) is 0 Å². The summed E-state index contributed by atoms with van der Waals surface area (Å²) in [5, 5.41) is 11.0. The Morgan fingerprint density at radius 2 is 1.81 bits per heavy atom. The lowest BCUT2D eigenvalue weighted by molar-refractivity contribution is 0.101. The van der Waals surface area contributed by atoms with Crippen LogP contribution in [0.2, 0.25) is 0 Å². The van der Waals surface area contributed by atoms with Crippen LogP contribution in [0.4, 0.5) is 5.69 Å². The maximum atomic E-state index is 12.4. The van der Waals surface area contributed by atoms with E-state index in [-0.39, 0.29) is 11.6 Å². The van der Waals surface area contributed by atoms with Gasteiger partial charge in [0.05, 0.1) is 11.4 Å². The first kappa shape index (κ1) is 15.8. The van der Waals surface area contributed by atoms with Crippen molar-refractivity contribution in [2.75, 3.05) is 5.32 Å². The predicted octanol–water partition coefficient (Wildman–Crippen LogP) is 4.09. The molecular formula is C20H16N4O2. The Morgan fingerprint density at radius 3 is 2.50 bits per heavy atom. The summed E-state index contributed by atoms with van der Waals surface area (Å²) in [6, 6.07) is 20.5. The number of rotatable bonds is 4. The highest BCUT2D eigenvalue weighted by molar-refractivity contribution is 6.03. The third-order valence-corrected chi connectivity index (χ3v) is 3.91. The van der Waals surface area contributed by atoms with E-state index in [0.29, 0.717) is 11.4 Å². The third kappa shape index (κ3) is 3.25. The number of hydrogen-bond acceptors (Lipinski definition) is 4. The SMILES string of the molecule is Cc1ccn(-c2ccc(NC(=O)c3cc(-c4ccccc4)on3)cc2)n1. The fourth-order valence-corrected chi connectivity index (χ4v) is 2.57. The molecule has 6 heteroatoms. The van der Waals surface area contributed by atoms with Gasteiger partial charge in [0.2, 0.25) is 0 Å². The second-order valence-corrected chi connectivity index (χ2v) is 5.85. The molecule has 0 radical (unpaired) electrons. The normalized spacial score (nSPS) is 10.7. The van der Waals surface area contributed by atoms with Gasteiger partial charge in [0.15, 0.2) is 11.5 Å². The first-order chi connectivity index (χ1) is 12.7. The Bertz CT molecular complexity index is 1030. The van der Waals surface area contributed by atoms with Gasteiger partial charge in [-0.1, -0.05) is 35.5 Å². The van der Waals surface area contributed by atoms with Crippen molar-refractivity contribution >= 4 is 11.6 Å². The zero-order valence-corrected chi connectivity index (χ0v) is 14.1. The van der Waals surface area contributed by atoms with Crippen molar-refractivity contribution in [1.29, 1.82) is 0 Å². The number of nitrogens with one attached hydrogen (secondary N) is 1. The molecule has 2 aromatic carbocycles. The van der Waals surface area contributed by atoms with Crippen molar-refractivity contribution in [2.24, 2.45) is 0 Å². The number of carbonyl (C=O) groups is 1. The number of amides is 1. The van der Waals surface area contributed by atoms with Crippen LogP contribution >= 0.6 is 0 Å². The molecule has 0 spiro atoms. The van der Waals surface area contributed by atoms with E-state index >= 15 is 0 Å². The summed E-state index contributed by atoms with van der Waals surface area (Å²) in [5.41, 5.74) is 3.65. The van der Waals surface area contributed by atoms with Gasteiger partial charge in [-0.25, -0.2) is 4.68 Å². The maximum absolute atomic E-state index is 12.4. The first-order valence-corrected chi connectivity index (χ1v) is 8.15. The van der Waals surface area contributed by atoms with Crippen molar-refractivity contribution in [1.82, 2.24) is 14.9 Å². The third-order valence-electron chi connectivity index (χ3n) is 3.91. The minimum atomic E-state index is -0.321. The van der Waals surface area contributed by atoms with E-state index in [9.17, 15) is 4.79 Å². The molecule has 1 N–H and O–H groups in total. The van der Waals surface area contributed by atoms with E-state index in [0.717, 1.165) is 16.9 Å². The standard InChI is InChI=1S/C20H16N4O2/c1-14-11-12-24(22-14)17-9-7-16(8-10-17)21-20(25)18-13-19(26-23-18)15-5-3-2-4-6-15/h2-13H,1H3,(H,21,25). The van der Waals surface area contributed by atoms with Crippen LogP contribution in [0.5, 0.6) is 0 Å². The number of aromatic nitrogens is 3. The molecule has 0 bridgehead atoms. The van der Waals surface area contributed by atoms with Gasteiger partial charge in [-0.15, -0.1) is 0 Å². The van der Waals surface area contributed by atoms with Crippen LogP contribution in [0.1, 0.15) is 16.2 Å². The van der Waals surface area contributed by atoms with Gasteiger partial charge in [-0.3, -0.25) is 4.79 Å². The highest BCUT2D eigenvalue weighted by Gasteiger charge is 2.14. The number of carbonyl (C=O) groups excluding carboxylic acids is 1. The van der Waals surface area contributed by atoms with Gasteiger partial charge in [0.25, 0.3) is 5.91 Å². The maximum Gasteiger partial charge on any atom is 0.277 e. The molecule has 2 aromatic heterocycles. The molecule has 0 saturated heterocycles. The highest BCUT2D eigenvalue weighted by Crippen LogP contribution is 2.20. The summed E-state index contributed by atoms with van der Waals surface area (Å²) in [6.07, 6.45) is 1.89. The summed E-state index contributed by atoms with van der Waals surface area (Å²) in [6.45, 7) is 1.94. The minimum Gasteiger partial charge on any atom is -0.355 e. The van der Waals surface area contributed by atoms with Crippen molar-refractivity contribution < 1.29 is 9.32 Å². The van der Waals surface area contributed by atoms with Crippen molar-refractivity contribution in [2.45, 2.75) is 6.92 Å². The molecule has 0 fully saturated rings. The molecule has 1 amide bonds. The van der Waals surface area contributed by atoms with E-state index in [1.54, 1.807) is 10.7 Å². The average Bonchev–Trinajstić information content (AvgIpc) is 3.32. The molecule has 0 aliphatic rings. The molecule has 0 aliphatic heterocycles. The first-order valence-electron chi connectivity index (χ1n) is 8.15. The van der Waals surface area contributed by atoms with Crippen molar-refractivity contribution in [3.8, 4) is 17.0 Å². The van der Waals surface area contributed by atoms with Crippen molar-refractivity contribution in [3.63, 3.8) is 0 Å². The molecule has 0 aliphatic carbocycles. The topological polar surface area (TPSA) is 73.0 Å². The summed E-state index contributed by atoms with van der Waals surface area (Å²) in [4.78, 5) is 12.4. The van der Waals surface area contributed by atoms with E-state index < -0.39 is 0 Å². The molecular weight excluding hydrogens is 328 g/mol. The Balaban J connectivity index is 1.47. The monoisotopic (exact) mass is 344 g/mol. The lowest BCUT2D eigenvalue weighted by Crippen LogP contribution is -2.12. The Labute approximate surface area is 150 Å². The van der Waals surface area contributed by atoms with Crippen LogP contribution in [0.3, 0.4) is 0 Å². The van der Waals surface area contributed by atoms with E-state index in [1.165, 1.54) is 0 Å². The van der Waals surface area contributed by atoms with Crippen LogP contribution in [-0.4, -0.2) is 20.8 Å². The largest absolute Gasteiger partial charge is 0.355 e. The van der Waals surface area contributed by atoms with Gasteiger partial charge < -0.3 is 9.84 Å². The summed E-state index contributed by atoms with van der Waals surface area (Å²) < 4.78 is 7.05. The fraction of sp³-hybridized carbons (Fsp3) is 0.0500. The molecule has 4 rings (SSSR count). The zero-order chi connectivity index (χ0) is 17.9. The second-order valence-electron chi connectivity index (χ2n) is 5.85. The molecule has 0 atom stereocenters. The minimum absolute atomic E-state index is 0.232. The summed E-state index contributed by atoms with van der Waals surface area (Å²) in [5.74, 6) is 0.235. The van der Waals surface area contributed by atoms with E-state index in [4.69, 9.17) is 4.52 Å². The number of nitrogens with zero attached hydrogens (tertiary/aromatic N) is 3. The van der Waals surface area contributed by atoms with Gasteiger partial charge in [-0.05, 0) is 37.3 Å². The fourth-order valence-electron chi connectivity index (χ4n) is 2.57. The molecule has 4 aromatic rings. The number of aryl methyl sites for hydroxylation is 1. The molecule has 2 heterocycles. The highest BCUT2D eigenvalue weighted by atomic mass is 16.5. The van der Waals surface area contributed by atoms with Gasteiger partial charge >= 0.3 is 0 Å². The summed E-state index contributed by atoms with van der Waals surface area (Å²) in [7, 11) is 0. The van der Waals surface area contributed by atoms with Crippen LogP contribution in [0.15, 0.2) is 77.4 Å². The lowest BCUT2D eigenvalue weighted by atomic mass is 10.1. The number of anilines is 1. The number of benzene rings is 2. The predicted molar refractivity (Wildman–Crippen MR) is 98.2 cm³/mol. The number of hydrogen-bond donors (Lipinski definition) is 1. The van der Waals surface area contributed by atoms with Gasteiger partial charge in [-0.2, -0.15) is 5.10 Å². The van der Waals surface area contributed by atoms with Crippen molar-refractivity contribution in [3.05, 3.63) is 84.3 Å². The smallest absolute Gasteiger partial charge is 0.277 e. The zero-order valence-electron chi connectivity index (χ0n) is 14.1. The van der Waals surface area contributed by atoms with Gasteiger partial charge in [0.1, 0.15) is 0 Å². The van der Waals surface area contributed by atoms with E-state index in [2.05, 4.69) is 15.6 Å². The molecule has 0 saturated carbocycles. The van der Waals surface area contributed by atoms with Gasteiger partial charge in [0, 0.05) is 23.5 Å². The molecule has 6 nitrogen and oxygen atoms in total. The molecule has 0 unspecified atom stereocenters. The van der Waals surface area contributed by atoms with E-state index in [1.807, 2.05) is 73.8 Å². The Morgan fingerprint density at radius 1 is 1.04 bits per heavy atom. The molecule has 128 valence electrons. The average molecular weight is 344 g/mol. The lowest BCUT2D eigenvalue weighted by Gasteiger charge is -2.05. The second kappa shape index (κ2) is 6.68.